The van der Waals surface area contributed by atoms with Crippen molar-refractivity contribution < 1.29 is 24.0 Å². The molecule has 1 aliphatic heterocycles. The summed E-state index contributed by atoms with van der Waals surface area (Å²) in [7, 11) is 1.39. The van der Waals surface area contributed by atoms with E-state index in [1.807, 2.05) is 13.8 Å². The normalized spacial score (nSPS) is 26.0. The molecule has 1 saturated heterocycles. The van der Waals surface area contributed by atoms with Crippen LogP contribution < -0.4 is 0 Å². The van der Waals surface area contributed by atoms with Gasteiger partial charge in [0.05, 0.1) is 20.1 Å². The Morgan fingerprint density at radius 2 is 1.95 bits per heavy atom. The SMILES string of the molecule is CCCCCC1(CCC(=O)OC)OCCC(C)(C)OO1. The summed E-state index contributed by atoms with van der Waals surface area (Å²) >= 11 is 0. The molecule has 1 rings (SSSR count). The van der Waals surface area contributed by atoms with Gasteiger partial charge in [0.15, 0.2) is 0 Å². The van der Waals surface area contributed by atoms with Crippen LogP contribution in [-0.4, -0.2) is 31.1 Å². The lowest BCUT2D eigenvalue weighted by Crippen LogP contribution is -2.36. The Hall–Kier alpha value is -0.650. The Bertz CT molecular complexity index is 303. The van der Waals surface area contributed by atoms with Gasteiger partial charge in [0.1, 0.15) is 5.60 Å². The Balaban J connectivity index is 2.64. The minimum atomic E-state index is -0.822. The zero-order chi connectivity index (χ0) is 15.1. The van der Waals surface area contributed by atoms with E-state index in [2.05, 4.69) is 6.92 Å². The Kier molecular flexibility index (Phi) is 6.92. The lowest BCUT2D eigenvalue weighted by atomic mass is 10.0. The van der Waals surface area contributed by atoms with Crippen LogP contribution in [0.4, 0.5) is 0 Å². The van der Waals surface area contributed by atoms with E-state index in [1.165, 1.54) is 7.11 Å². The maximum Gasteiger partial charge on any atom is 0.305 e. The predicted molar refractivity (Wildman–Crippen MR) is 74.9 cm³/mol. The molecule has 0 aromatic rings. The van der Waals surface area contributed by atoms with Crippen LogP contribution in [0, 0.1) is 0 Å². The molecule has 0 bridgehead atoms. The first-order chi connectivity index (χ1) is 9.43. The number of carbonyl (C=O) groups is 1. The van der Waals surface area contributed by atoms with Crippen molar-refractivity contribution in [1.82, 2.24) is 0 Å². The third-order valence-corrected chi connectivity index (χ3v) is 3.59. The van der Waals surface area contributed by atoms with Crippen molar-refractivity contribution in [2.45, 2.75) is 77.1 Å². The van der Waals surface area contributed by atoms with E-state index in [9.17, 15) is 4.79 Å². The second-order valence-electron chi connectivity index (χ2n) is 5.97. The predicted octanol–water partition coefficient (Wildman–Crippen LogP) is 3.36. The summed E-state index contributed by atoms with van der Waals surface area (Å²) < 4.78 is 10.6. The van der Waals surface area contributed by atoms with E-state index < -0.39 is 5.79 Å². The highest BCUT2D eigenvalue weighted by molar-refractivity contribution is 5.69. The van der Waals surface area contributed by atoms with Crippen LogP contribution >= 0.6 is 0 Å². The Morgan fingerprint density at radius 1 is 1.20 bits per heavy atom. The highest BCUT2D eigenvalue weighted by Gasteiger charge is 2.39. The van der Waals surface area contributed by atoms with Crippen LogP contribution in [0.1, 0.15) is 65.7 Å². The van der Waals surface area contributed by atoms with Crippen LogP contribution in [0.2, 0.25) is 0 Å². The molecular formula is C15H28O5. The topological polar surface area (TPSA) is 54.0 Å². The van der Waals surface area contributed by atoms with Gasteiger partial charge < -0.3 is 9.47 Å². The van der Waals surface area contributed by atoms with Gasteiger partial charge in [-0.05, 0) is 20.3 Å². The lowest BCUT2D eigenvalue weighted by Gasteiger charge is -2.31. The summed E-state index contributed by atoms with van der Waals surface area (Å²) in [6.45, 7) is 6.66. The number of methoxy groups -OCH3 is 1. The van der Waals surface area contributed by atoms with Gasteiger partial charge >= 0.3 is 5.97 Å². The van der Waals surface area contributed by atoms with Crippen LogP contribution in [0.25, 0.3) is 0 Å². The van der Waals surface area contributed by atoms with E-state index in [1.54, 1.807) is 0 Å². The van der Waals surface area contributed by atoms with E-state index >= 15 is 0 Å². The largest absolute Gasteiger partial charge is 0.469 e. The van der Waals surface area contributed by atoms with Crippen LogP contribution in [0.3, 0.4) is 0 Å². The molecule has 1 unspecified atom stereocenters. The fourth-order valence-electron chi connectivity index (χ4n) is 2.13. The molecule has 1 atom stereocenters. The summed E-state index contributed by atoms with van der Waals surface area (Å²) in [4.78, 5) is 22.5. The molecule has 1 heterocycles. The molecule has 0 amide bonds. The number of hydrogen-bond acceptors (Lipinski definition) is 5. The number of ether oxygens (including phenoxy) is 2. The van der Waals surface area contributed by atoms with Crippen LogP contribution in [0.15, 0.2) is 0 Å². The Morgan fingerprint density at radius 3 is 2.60 bits per heavy atom. The summed E-state index contributed by atoms with van der Waals surface area (Å²) in [6, 6.07) is 0. The smallest absolute Gasteiger partial charge is 0.305 e. The van der Waals surface area contributed by atoms with Gasteiger partial charge in [-0.15, -0.1) is 0 Å². The first-order valence-corrected chi connectivity index (χ1v) is 7.51. The van der Waals surface area contributed by atoms with Gasteiger partial charge in [0.2, 0.25) is 5.79 Å². The van der Waals surface area contributed by atoms with E-state index in [0.717, 1.165) is 32.1 Å². The van der Waals surface area contributed by atoms with Crippen LogP contribution in [-0.2, 0) is 24.0 Å². The van der Waals surface area contributed by atoms with Crippen molar-refractivity contribution in [3.05, 3.63) is 0 Å². The molecule has 0 aliphatic carbocycles. The van der Waals surface area contributed by atoms with Gasteiger partial charge in [-0.1, -0.05) is 19.8 Å². The summed E-state index contributed by atoms with van der Waals surface area (Å²) in [5, 5.41) is 0. The minimum Gasteiger partial charge on any atom is -0.469 e. The van der Waals surface area contributed by atoms with Gasteiger partial charge in [-0.25, -0.2) is 9.78 Å². The molecule has 0 saturated carbocycles. The van der Waals surface area contributed by atoms with Gasteiger partial charge in [-0.2, -0.15) is 0 Å². The molecule has 5 nitrogen and oxygen atoms in total. The lowest BCUT2D eigenvalue weighted by molar-refractivity contribution is -0.447. The van der Waals surface area contributed by atoms with Gasteiger partial charge in [0, 0.05) is 19.3 Å². The zero-order valence-electron chi connectivity index (χ0n) is 13.2. The number of hydrogen-bond donors (Lipinski definition) is 0. The third kappa shape index (κ3) is 5.77. The Labute approximate surface area is 121 Å². The average Bonchev–Trinajstić information content (AvgIpc) is 2.56. The number of esters is 1. The molecular weight excluding hydrogens is 260 g/mol. The van der Waals surface area contributed by atoms with E-state index in [-0.39, 0.29) is 18.0 Å². The molecule has 0 radical (unpaired) electrons. The minimum absolute atomic E-state index is 0.254. The standard InChI is InChI=1S/C15H28O5/c1-5-6-7-9-15(10-8-13(16)17-4)18-12-11-14(2,3)19-20-15/h5-12H2,1-4H3. The molecule has 5 heteroatoms. The van der Waals surface area contributed by atoms with Crippen LogP contribution in [0.5, 0.6) is 0 Å². The second-order valence-corrected chi connectivity index (χ2v) is 5.97. The van der Waals surface area contributed by atoms with E-state index in [0.29, 0.717) is 13.0 Å². The summed E-state index contributed by atoms with van der Waals surface area (Å²) in [6.07, 6.45) is 5.44. The first kappa shape index (κ1) is 17.4. The summed E-state index contributed by atoms with van der Waals surface area (Å²) in [5.74, 6) is -1.08. The fraction of sp³-hybridized carbons (Fsp3) is 0.933. The molecule has 0 spiro atoms. The van der Waals surface area contributed by atoms with Crippen molar-refractivity contribution in [1.29, 1.82) is 0 Å². The number of rotatable bonds is 7. The molecule has 20 heavy (non-hydrogen) atoms. The number of carbonyl (C=O) groups excluding carboxylic acids is 1. The van der Waals surface area contributed by atoms with Crippen molar-refractivity contribution in [3.8, 4) is 0 Å². The highest BCUT2D eigenvalue weighted by Crippen LogP contribution is 2.33. The van der Waals surface area contributed by atoms with Crippen molar-refractivity contribution >= 4 is 5.97 Å². The van der Waals surface area contributed by atoms with Gasteiger partial charge in [-0.3, -0.25) is 4.79 Å². The quantitative estimate of drug-likeness (QED) is 0.408. The molecule has 1 aliphatic rings. The molecule has 118 valence electrons. The van der Waals surface area contributed by atoms with Crippen molar-refractivity contribution in [2.24, 2.45) is 0 Å². The third-order valence-electron chi connectivity index (χ3n) is 3.59. The second kappa shape index (κ2) is 7.96. The average molecular weight is 288 g/mol. The van der Waals surface area contributed by atoms with Crippen molar-refractivity contribution in [3.63, 3.8) is 0 Å². The number of unbranched alkanes of at least 4 members (excludes halogenated alkanes) is 2. The molecule has 0 aromatic heterocycles. The fourth-order valence-corrected chi connectivity index (χ4v) is 2.13. The maximum atomic E-state index is 11.4. The summed E-state index contributed by atoms with van der Waals surface area (Å²) in [5.41, 5.74) is -0.363. The highest BCUT2D eigenvalue weighted by atomic mass is 17.2. The molecule has 0 N–H and O–H groups in total. The zero-order valence-corrected chi connectivity index (χ0v) is 13.2. The van der Waals surface area contributed by atoms with E-state index in [4.69, 9.17) is 19.2 Å². The molecule has 0 aromatic carbocycles. The monoisotopic (exact) mass is 288 g/mol. The first-order valence-electron chi connectivity index (χ1n) is 7.51. The van der Waals surface area contributed by atoms with Gasteiger partial charge in [0.25, 0.3) is 0 Å². The van der Waals surface area contributed by atoms with Crippen molar-refractivity contribution in [2.75, 3.05) is 13.7 Å². The molecule has 1 fully saturated rings. The maximum absolute atomic E-state index is 11.4.